The number of methoxy groups -OCH3 is 1. The second-order valence-corrected chi connectivity index (χ2v) is 7.90. The van der Waals surface area contributed by atoms with Gasteiger partial charge in [0.25, 0.3) is 5.91 Å². The number of halogens is 1. The van der Waals surface area contributed by atoms with Crippen molar-refractivity contribution in [3.63, 3.8) is 0 Å². The Morgan fingerprint density at radius 2 is 1.97 bits per heavy atom. The third kappa shape index (κ3) is 4.81. The van der Waals surface area contributed by atoms with Crippen LogP contribution in [0.3, 0.4) is 0 Å². The van der Waals surface area contributed by atoms with Gasteiger partial charge in [0.15, 0.2) is 5.82 Å². The number of amides is 1. The van der Waals surface area contributed by atoms with Crippen molar-refractivity contribution in [3.05, 3.63) is 83.5 Å². The number of rotatable bonds is 7. The number of carbonyl (C=O) groups excluding carboxylic acids is 1. The van der Waals surface area contributed by atoms with Crippen molar-refractivity contribution in [1.82, 2.24) is 35.5 Å². The molecule has 4 rings (SSSR count). The first-order chi connectivity index (χ1) is 16.4. The predicted octanol–water partition coefficient (Wildman–Crippen LogP) is 3.77. The van der Waals surface area contributed by atoms with Crippen LogP contribution in [0.1, 0.15) is 53.4 Å². The van der Waals surface area contributed by atoms with Gasteiger partial charge in [0.05, 0.1) is 23.6 Å². The smallest absolute Gasteiger partial charge is 0.251 e. The highest BCUT2D eigenvalue weighted by Crippen LogP contribution is 2.28. The summed E-state index contributed by atoms with van der Waals surface area (Å²) in [7, 11) is 1.55. The van der Waals surface area contributed by atoms with E-state index in [1.807, 2.05) is 26.8 Å². The summed E-state index contributed by atoms with van der Waals surface area (Å²) in [5.41, 5.74) is 3.10. The molecule has 10 heteroatoms. The monoisotopic (exact) mass is 461 g/mol. The van der Waals surface area contributed by atoms with Gasteiger partial charge in [-0.3, -0.25) is 14.8 Å². The zero-order valence-corrected chi connectivity index (χ0v) is 19.2. The van der Waals surface area contributed by atoms with Crippen molar-refractivity contribution in [1.29, 1.82) is 0 Å². The maximum absolute atomic E-state index is 14.9. The number of aromatic nitrogens is 6. The van der Waals surface area contributed by atoms with E-state index in [1.165, 1.54) is 10.7 Å². The van der Waals surface area contributed by atoms with Crippen LogP contribution in [0.4, 0.5) is 4.39 Å². The minimum absolute atomic E-state index is 0.315. The molecular formula is C24H24FN7O2. The van der Waals surface area contributed by atoms with Gasteiger partial charge in [-0.05, 0) is 66.6 Å². The van der Waals surface area contributed by atoms with Crippen LogP contribution in [0.15, 0.2) is 55.0 Å². The van der Waals surface area contributed by atoms with Crippen molar-refractivity contribution in [3.8, 4) is 16.8 Å². The number of ether oxygens (including phenoxy) is 1. The Labute approximate surface area is 196 Å². The molecule has 0 aliphatic heterocycles. The number of hydrogen-bond donors (Lipinski definition) is 1. The van der Waals surface area contributed by atoms with Crippen LogP contribution in [0.2, 0.25) is 0 Å². The average Bonchev–Trinajstić information content (AvgIpc) is 3.34. The fourth-order valence-corrected chi connectivity index (χ4v) is 3.50. The lowest BCUT2D eigenvalue weighted by atomic mass is 9.99. The summed E-state index contributed by atoms with van der Waals surface area (Å²) in [5, 5.41) is 14.8. The molecule has 0 fully saturated rings. The highest BCUT2D eigenvalue weighted by molar-refractivity contribution is 5.96. The van der Waals surface area contributed by atoms with Crippen molar-refractivity contribution in [2.45, 2.75) is 32.9 Å². The molecule has 174 valence electrons. The number of nitrogens with zero attached hydrogens (tertiary/aromatic N) is 6. The molecule has 2 aromatic heterocycles. The number of carbonyl (C=O) groups is 1. The Hall–Kier alpha value is -4.05. The minimum atomic E-state index is -0.399. The topological polar surface area (TPSA) is 108 Å². The molecule has 0 spiro atoms. The van der Waals surface area contributed by atoms with E-state index in [1.54, 1.807) is 50.0 Å². The van der Waals surface area contributed by atoms with Crippen molar-refractivity contribution < 1.29 is 13.9 Å². The summed E-state index contributed by atoms with van der Waals surface area (Å²) in [6, 6.07) is 9.59. The largest absolute Gasteiger partial charge is 0.374 e. The second-order valence-electron chi connectivity index (χ2n) is 7.90. The Morgan fingerprint density at radius 3 is 2.68 bits per heavy atom. The summed E-state index contributed by atoms with van der Waals surface area (Å²) in [6.07, 6.45) is 4.32. The first-order valence-electron chi connectivity index (χ1n) is 10.7. The van der Waals surface area contributed by atoms with Crippen LogP contribution < -0.4 is 5.32 Å². The average molecular weight is 462 g/mol. The zero-order valence-electron chi connectivity index (χ0n) is 19.2. The normalized spacial score (nSPS) is 12.9. The molecule has 0 saturated carbocycles. The quantitative estimate of drug-likeness (QED) is 0.446. The van der Waals surface area contributed by atoms with E-state index < -0.39 is 11.9 Å². The number of tetrazole rings is 1. The van der Waals surface area contributed by atoms with Gasteiger partial charge in [0.2, 0.25) is 0 Å². The van der Waals surface area contributed by atoms with E-state index in [2.05, 4.69) is 30.8 Å². The molecule has 2 aromatic carbocycles. The van der Waals surface area contributed by atoms with Gasteiger partial charge in [-0.15, -0.1) is 5.10 Å². The molecule has 2 heterocycles. The molecule has 1 amide bonds. The molecule has 34 heavy (non-hydrogen) atoms. The van der Waals surface area contributed by atoms with Gasteiger partial charge in [0, 0.05) is 30.6 Å². The molecule has 0 saturated heterocycles. The molecule has 9 nitrogen and oxygen atoms in total. The molecule has 1 N–H and O–H groups in total. The SMILES string of the molecule is COC(C)c1nnnn1-c1cc(C(=O)NC(C)c2cnccn2)cc(-c2ccc(C)cc2F)c1. The van der Waals surface area contributed by atoms with Gasteiger partial charge in [-0.2, -0.15) is 4.68 Å². The zero-order chi connectivity index (χ0) is 24.2. The van der Waals surface area contributed by atoms with Crippen molar-refractivity contribution >= 4 is 5.91 Å². The van der Waals surface area contributed by atoms with Crippen molar-refractivity contribution in [2.24, 2.45) is 0 Å². The molecular weight excluding hydrogens is 437 g/mol. The van der Waals surface area contributed by atoms with Crippen LogP contribution in [0.5, 0.6) is 0 Å². The van der Waals surface area contributed by atoms with Crippen LogP contribution in [0, 0.1) is 12.7 Å². The number of nitrogens with one attached hydrogen (secondary N) is 1. The molecule has 0 radical (unpaired) electrons. The molecule has 0 bridgehead atoms. The van der Waals surface area contributed by atoms with Gasteiger partial charge in [-0.1, -0.05) is 12.1 Å². The standard InChI is InChI=1S/C24H24FN7O2/c1-14-5-6-20(21(25)9-14)17-10-18(24(33)28-15(2)22-13-26-7-8-27-22)12-19(11-17)32-23(16(3)34-4)29-30-31-32/h5-13,15-16H,1-4H3,(H,28,33). The minimum Gasteiger partial charge on any atom is -0.374 e. The Morgan fingerprint density at radius 1 is 1.15 bits per heavy atom. The first-order valence-corrected chi connectivity index (χ1v) is 10.7. The molecule has 2 unspecified atom stereocenters. The predicted molar refractivity (Wildman–Crippen MR) is 123 cm³/mol. The van der Waals surface area contributed by atoms with Gasteiger partial charge in [-0.25, -0.2) is 4.39 Å². The Balaban J connectivity index is 1.79. The Kier molecular flexibility index (Phi) is 6.69. The molecule has 0 aliphatic rings. The van der Waals surface area contributed by atoms with E-state index in [-0.39, 0.29) is 11.9 Å². The van der Waals surface area contributed by atoms with Gasteiger partial charge < -0.3 is 10.1 Å². The third-order valence-corrected chi connectivity index (χ3v) is 5.45. The number of aryl methyl sites for hydroxylation is 1. The van der Waals surface area contributed by atoms with Crippen LogP contribution in [0.25, 0.3) is 16.8 Å². The summed E-state index contributed by atoms with van der Waals surface area (Å²) in [5.74, 6) is -0.301. The lowest BCUT2D eigenvalue weighted by Crippen LogP contribution is -2.27. The van der Waals surface area contributed by atoms with E-state index >= 15 is 0 Å². The molecule has 2 atom stereocenters. The van der Waals surface area contributed by atoms with Gasteiger partial charge >= 0.3 is 0 Å². The second kappa shape index (κ2) is 9.84. The Bertz CT molecular complexity index is 1310. The fraction of sp³-hybridized carbons (Fsp3) is 0.250. The van der Waals surface area contributed by atoms with Gasteiger partial charge in [0.1, 0.15) is 11.9 Å². The van der Waals surface area contributed by atoms with E-state index in [4.69, 9.17) is 4.74 Å². The highest BCUT2D eigenvalue weighted by atomic mass is 19.1. The summed E-state index contributed by atoms with van der Waals surface area (Å²) < 4.78 is 21.7. The van der Waals surface area contributed by atoms with Crippen LogP contribution >= 0.6 is 0 Å². The van der Waals surface area contributed by atoms with Crippen LogP contribution in [-0.4, -0.2) is 43.2 Å². The van der Waals surface area contributed by atoms with E-state index in [9.17, 15) is 9.18 Å². The summed E-state index contributed by atoms with van der Waals surface area (Å²) in [4.78, 5) is 21.5. The highest BCUT2D eigenvalue weighted by Gasteiger charge is 2.20. The number of hydrogen-bond acceptors (Lipinski definition) is 7. The molecule has 4 aromatic rings. The third-order valence-electron chi connectivity index (χ3n) is 5.45. The fourth-order valence-electron chi connectivity index (χ4n) is 3.50. The summed E-state index contributed by atoms with van der Waals surface area (Å²) in [6.45, 7) is 5.43. The first kappa shape index (κ1) is 23.1. The van der Waals surface area contributed by atoms with Crippen molar-refractivity contribution in [2.75, 3.05) is 7.11 Å². The lowest BCUT2D eigenvalue weighted by molar-refractivity contribution is 0.0939. The maximum atomic E-state index is 14.9. The van der Waals surface area contributed by atoms with E-state index in [0.717, 1.165) is 5.56 Å². The van der Waals surface area contributed by atoms with Crippen LogP contribution in [-0.2, 0) is 4.74 Å². The molecule has 0 aliphatic carbocycles. The summed E-state index contributed by atoms with van der Waals surface area (Å²) >= 11 is 0. The maximum Gasteiger partial charge on any atom is 0.251 e. The number of benzene rings is 2. The van der Waals surface area contributed by atoms with E-state index in [0.29, 0.717) is 33.9 Å². The lowest BCUT2D eigenvalue weighted by Gasteiger charge is -2.16.